The summed E-state index contributed by atoms with van der Waals surface area (Å²) in [5.74, 6) is -0.557. The molecule has 0 unspecified atom stereocenters. The van der Waals surface area contributed by atoms with Crippen molar-refractivity contribution in [2.24, 2.45) is 5.92 Å². The maximum atomic E-state index is 13.1. The number of hydrogen-bond acceptors (Lipinski definition) is 4. The molecule has 0 spiro atoms. The largest absolute Gasteiger partial charge is 0.459 e. The topological polar surface area (TPSA) is 67.8 Å². The van der Waals surface area contributed by atoms with Crippen LogP contribution in [0.5, 0.6) is 0 Å². The number of allylic oxidation sites excluding steroid dienone is 1. The lowest BCUT2D eigenvalue weighted by Crippen LogP contribution is -2.39. The SMILES string of the molecule is CCO[C@H]1OC(C(=O)NCc2ccc(F)cc2)=C[C@@H](c2ccc(I)cc2)[C@@H]1CCCO. The van der Waals surface area contributed by atoms with E-state index >= 15 is 0 Å². The number of hydrogen-bond donors (Lipinski definition) is 2. The molecule has 0 aromatic heterocycles. The zero-order chi connectivity index (χ0) is 22.2. The number of aliphatic hydroxyl groups excluding tert-OH is 1. The third kappa shape index (κ3) is 6.51. The van der Waals surface area contributed by atoms with Crippen LogP contribution in [0.2, 0.25) is 0 Å². The van der Waals surface area contributed by atoms with Crippen molar-refractivity contribution in [3.05, 3.63) is 80.9 Å². The summed E-state index contributed by atoms with van der Waals surface area (Å²) < 4.78 is 26.0. The molecule has 0 saturated heterocycles. The van der Waals surface area contributed by atoms with Crippen LogP contribution < -0.4 is 5.32 Å². The highest BCUT2D eigenvalue weighted by molar-refractivity contribution is 14.1. The first-order chi connectivity index (χ1) is 15.0. The Bertz CT molecular complexity index is 885. The maximum Gasteiger partial charge on any atom is 0.286 e. The second-order valence-electron chi connectivity index (χ2n) is 7.39. The quantitative estimate of drug-likeness (QED) is 0.461. The molecule has 0 fully saturated rings. The third-order valence-corrected chi connectivity index (χ3v) is 5.98. The van der Waals surface area contributed by atoms with E-state index in [9.17, 15) is 14.3 Å². The van der Waals surface area contributed by atoms with Crippen molar-refractivity contribution in [2.45, 2.75) is 38.5 Å². The van der Waals surface area contributed by atoms with E-state index in [1.165, 1.54) is 12.1 Å². The van der Waals surface area contributed by atoms with Crippen molar-refractivity contribution in [3.8, 4) is 0 Å². The molecule has 166 valence electrons. The Morgan fingerprint density at radius 2 is 1.90 bits per heavy atom. The number of carbonyl (C=O) groups is 1. The van der Waals surface area contributed by atoms with Crippen LogP contribution in [0.4, 0.5) is 4.39 Å². The van der Waals surface area contributed by atoms with Crippen molar-refractivity contribution in [3.63, 3.8) is 0 Å². The van der Waals surface area contributed by atoms with Crippen LogP contribution in [0.15, 0.2) is 60.4 Å². The summed E-state index contributed by atoms with van der Waals surface area (Å²) in [6.45, 7) is 2.69. The number of halogens is 2. The molecule has 2 aromatic carbocycles. The number of amides is 1. The summed E-state index contributed by atoms with van der Waals surface area (Å²) in [5, 5.41) is 12.2. The number of aliphatic hydroxyl groups is 1. The summed E-state index contributed by atoms with van der Waals surface area (Å²) in [5.41, 5.74) is 1.86. The molecule has 1 heterocycles. The molecule has 5 nitrogen and oxygen atoms in total. The van der Waals surface area contributed by atoms with Gasteiger partial charge in [-0.25, -0.2) is 4.39 Å². The fourth-order valence-electron chi connectivity index (χ4n) is 3.70. The van der Waals surface area contributed by atoms with Gasteiger partial charge in [0.15, 0.2) is 5.76 Å². The van der Waals surface area contributed by atoms with Gasteiger partial charge in [-0.05, 0) is 83.8 Å². The molecule has 0 saturated carbocycles. The lowest BCUT2D eigenvalue weighted by molar-refractivity contribution is -0.166. The first kappa shape index (κ1) is 23.7. The average Bonchev–Trinajstić information content (AvgIpc) is 2.78. The molecule has 0 aliphatic carbocycles. The van der Waals surface area contributed by atoms with E-state index in [4.69, 9.17) is 9.47 Å². The Morgan fingerprint density at radius 1 is 1.19 bits per heavy atom. The minimum absolute atomic E-state index is 0.0270. The molecule has 0 radical (unpaired) electrons. The van der Waals surface area contributed by atoms with E-state index in [0.29, 0.717) is 19.4 Å². The molecule has 2 N–H and O–H groups in total. The standard InChI is InChI=1S/C24H27FINO4/c1-2-30-24-20(4-3-13-28)21(17-7-11-19(26)12-8-17)14-22(31-24)23(29)27-15-16-5-9-18(25)10-6-16/h5-12,14,20-21,24,28H,2-4,13,15H2,1H3,(H,27,29)/t20-,21-,24-/m0/s1. The van der Waals surface area contributed by atoms with Crippen molar-refractivity contribution < 1.29 is 23.8 Å². The van der Waals surface area contributed by atoms with Crippen LogP contribution in [-0.2, 0) is 20.8 Å². The van der Waals surface area contributed by atoms with Gasteiger partial charge in [-0.2, -0.15) is 0 Å². The second kappa shape index (κ2) is 11.6. The van der Waals surface area contributed by atoms with E-state index in [1.807, 2.05) is 25.1 Å². The van der Waals surface area contributed by atoms with Crippen LogP contribution in [0, 0.1) is 15.3 Å². The van der Waals surface area contributed by atoms with Crippen LogP contribution in [0.1, 0.15) is 36.8 Å². The molecule has 7 heteroatoms. The van der Waals surface area contributed by atoms with Gasteiger partial charge in [0.2, 0.25) is 6.29 Å². The number of benzene rings is 2. The summed E-state index contributed by atoms with van der Waals surface area (Å²) in [6.07, 6.45) is 2.59. The van der Waals surface area contributed by atoms with Crippen LogP contribution in [0.3, 0.4) is 0 Å². The highest BCUT2D eigenvalue weighted by atomic mass is 127. The van der Waals surface area contributed by atoms with E-state index < -0.39 is 6.29 Å². The molecule has 2 aromatic rings. The van der Waals surface area contributed by atoms with Crippen LogP contribution >= 0.6 is 22.6 Å². The lowest BCUT2D eigenvalue weighted by Gasteiger charge is -2.37. The molecule has 0 bridgehead atoms. The summed E-state index contributed by atoms with van der Waals surface area (Å²) in [7, 11) is 0. The van der Waals surface area contributed by atoms with Gasteiger partial charge in [0.25, 0.3) is 5.91 Å². The maximum absolute atomic E-state index is 13.1. The normalized spacial score (nSPS) is 20.6. The molecule has 1 amide bonds. The number of rotatable bonds is 9. The Hall–Kier alpha value is -1.97. The van der Waals surface area contributed by atoms with Gasteiger partial charge >= 0.3 is 0 Å². The zero-order valence-electron chi connectivity index (χ0n) is 17.4. The number of ether oxygens (including phenoxy) is 2. The average molecular weight is 539 g/mol. The Labute approximate surface area is 195 Å². The molecule has 31 heavy (non-hydrogen) atoms. The van der Waals surface area contributed by atoms with Crippen molar-refractivity contribution in [1.82, 2.24) is 5.32 Å². The summed E-state index contributed by atoms with van der Waals surface area (Å²) in [6, 6.07) is 14.2. The predicted molar refractivity (Wildman–Crippen MR) is 125 cm³/mol. The summed E-state index contributed by atoms with van der Waals surface area (Å²) >= 11 is 2.26. The predicted octanol–water partition coefficient (Wildman–Crippen LogP) is 4.50. The smallest absolute Gasteiger partial charge is 0.286 e. The van der Waals surface area contributed by atoms with Crippen molar-refractivity contribution >= 4 is 28.5 Å². The lowest BCUT2D eigenvalue weighted by atomic mass is 9.80. The monoisotopic (exact) mass is 539 g/mol. The van der Waals surface area contributed by atoms with Gasteiger partial charge in [-0.15, -0.1) is 0 Å². The molecule has 3 rings (SSSR count). The van der Waals surface area contributed by atoms with Crippen molar-refractivity contribution in [2.75, 3.05) is 13.2 Å². The van der Waals surface area contributed by atoms with Gasteiger partial charge in [-0.3, -0.25) is 4.79 Å². The first-order valence-corrected chi connectivity index (χ1v) is 11.5. The van der Waals surface area contributed by atoms with Crippen LogP contribution in [0.25, 0.3) is 0 Å². The minimum atomic E-state index is -0.586. The highest BCUT2D eigenvalue weighted by Crippen LogP contribution is 2.39. The minimum Gasteiger partial charge on any atom is -0.459 e. The van der Waals surface area contributed by atoms with E-state index in [1.54, 1.807) is 12.1 Å². The Balaban J connectivity index is 1.83. The van der Waals surface area contributed by atoms with E-state index in [0.717, 1.165) is 14.7 Å². The fourth-order valence-corrected chi connectivity index (χ4v) is 4.06. The van der Waals surface area contributed by atoms with Crippen molar-refractivity contribution in [1.29, 1.82) is 0 Å². The second-order valence-corrected chi connectivity index (χ2v) is 8.63. The van der Waals surface area contributed by atoms with Gasteiger partial charge in [-0.1, -0.05) is 24.3 Å². The molecular formula is C24H27FINO4. The Kier molecular flexibility index (Phi) is 8.86. The van der Waals surface area contributed by atoms with E-state index in [2.05, 4.69) is 40.0 Å². The Morgan fingerprint density at radius 3 is 2.55 bits per heavy atom. The number of nitrogens with one attached hydrogen (secondary N) is 1. The molecule has 1 aliphatic rings. The fraction of sp³-hybridized carbons (Fsp3) is 0.375. The van der Waals surface area contributed by atoms with Gasteiger partial charge < -0.3 is 19.9 Å². The van der Waals surface area contributed by atoms with Gasteiger partial charge in [0.1, 0.15) is 5.82 Å². The number of carbonyl (C=O) groups excluding carboxylic acids is 1. The van der Waals surface area contributed by atoms with Gasteiger partial charge in [0, 0.05) is 35.2 Å². The molecular weight excluding hydrogens is 512 g/mol. The van der Waals surface area contributed by atoms with E-state index in [-0.39, 0.29) is 42.5 Å². The zero-order valence-corrected chi connectivity index (χ0v) is 19.5. The highest BCUT2D eigenvalue weighted by Gasteiger charge is 2.37. The first-order valence-electron chi connectivity index (χ1n) is 10.4. The van der Waals surface area contributed by atoms with Crippen LogP contribution in [-0.4, -0.2) is 30.5 Å². The van der Waals surface area contributed by atoms with Gasteiger partial charge in [0.05, 0.1) is 0 Å². The third-order valence-electron chi connectivity index (χ3n) is 5.26. The summed E-state index contributed by atoms with van der Waals surface area (Å²) in [4.78, 5) is 12.9. The molecule has 3 atom stereocenters. The molecule has 1 aliphatic heterocycles.